The average Bonchev–Trinajstić information content (AvgIpc) is 2.14. The molecule has 0 saturated heterocycles. The van der Waals surface area contributed by atoms with Crippen LogP contribution >= 0.6 is 0 Å². The molecule has 0 aromatic rings. The van der Waals surface area contributed by atoms with E-state index in [0.717, 1.165) is 32.1 Å². The molecule has 0 N–H and O–H groups in total. The third-order valence-corrected chi connectivity index (χ3v) is 2.85. The van der Waals surface area contributed by atoms with Gasteiger partial charge >= 0.3 is 6.18 Å². The number of hydrogen-bond acceptors (Lipinski definition) is 1. The third-order valence-electron chi connectivity index (χ3n) is 2.85. The first-order chi connectivity index (χ1) is 6.51. The van der Waals surface area contributed by atoms with Crippen molar-refractivity contribution < 1.29 is 17.9 Å². The highest BCUT2D eigenvalue weighted by molar-refractivity contribution is 4.72. The van der Waals surface area contributed by atoms with Crippen molar-refractivity contribution in [3.05, 3.63) is 0 Å². The summed E-state index contributed by atoms with van der Waals surface area (Å²) in [6.07, 6.45) is 0.383. The molecule has 1 rings (SSSR count). The van der Waals surface area contributed by atoms with Crippen molar-refractivity contribution in [2.24, 2.45) is 5.92 Å². The quantitative estimate of drug-likeness (QED) is 0.692. The lowest BCUT2D eigenvalue weighted by molar-refractivity contribution is -0.188. The molecule has 1 aliphatic carbocycles. The Morgan fingerprint density at radius 1 is 1.14 bits per heavy atom. The molecule has 0 aromatic carbocycles. The second-order valence-electron chi connectivity index (χ2n) is 3.98. The van der Waals surface area contributed by atoms with Crippen LogP contribution in [-0.4, -0.2) is 18.9 Å². The molecule has 1 fully saturated rings. The molecule has 4 heteroatoms. The van der Waals surface area contributed by atoms with Crippen LogP contribution in [0.15, 0.2) is 0 Å². The van der Waals surface area contributed by atoms with Gasteiger partial charge in [-0.1, -0.05) is 13.3 Å². The number of ether oxygens (including phenoxy) is 1. The SMILES string of the molecule is CCC1CCC(OCC(F)(F)F)CC1. The van der Waals surface area contributed by atoms with Gasteiger partial charge < -0.3 is 4.74 Å². The predicted molar refractivity (Wildman–Crippen MR) is 48.0 cm³/mol. The first-order valence-electron chi connectivity index (χ1n) is 5.19. The van der Waals surface area contributed by atoms with Gasteiger partial charge in [-0.2, -0.15) is 13.2 Å². The van der Waals surface area contributed by atoms with E-state index in [1.165, 1.54) is 0 Å². The summed E-state index contributed by atoms with van der Waals surface area (Å²) in [6, 6.07) is 0. The maximum atomic E-state index is 11.8. The van der Waals surface area contributed by atoms with Crippen LogP contribution in [0.3, 0.4) is 0 Å². The van der Waals surface area contributed by atoms with E-state index in [4.69, 9.17) is 4.74 Å². The topological polar surface area (TPSA) is 9.23 Å². The van der Waals surface area contributed by atoms with Gasteiger partial charge in [-0.05, 0) is 31.6 Å². The van der Waals surface area contributed by atoms with E-state index >= 15 is 0 Å². The van der Waals surface area contributed by atoms with Crippen LogP contribution in [0.4, 0.5) is 13.2 Å². The Balaban J connectivity index is 2.16. The summed E-state index contributed by atoms with van der Waals surface area (Å²) in [7, 11) is 0. The lowest BCUT2D eigenvalue weighted by Gasteiger charge is -2.28. The molecular formula is C10H17F3O. The van der Waals surface area contributed by atoms with Gasteiger partial charge in [-0.15, -0.1) is 0 Å². The molecule has 0 amide bonds. The predicted octanol–water partition coefficient (Wildman–Crippen LogP) is 3.53. The molecule has 0 spiro atoms. The summed E-state index contributed by atoms with van der Waals surface area (Å²) < 4.78 is 40.3. The summed E-state index contributed by atoms with van der Waals surface area (Å²) in [5, 5.41) is 0. The van der Waals surface area contributed by atoms with Crippen LogP contribution in [0, 0.1) is 5.92 Å². The number of alkyl halides is 3. The number of halogens is 3. The average molecular weight is 210 g/mol. The number of hydrogen-bond donors (Lipinski definition) is 0. The molecule has 0 bridgehead atoms. The summed E-state index contributed by atoms with van der Waals surface area (Å²) in [6.45, 7) is 1.04. The Kier molecular flexibility index (Phi) is 4.23. The standard InChI is InChI=1S/C10H17F3O/c1-2-8-3-5-9(6-4-8)14-7-10(11,12)13/h8-9H,2-7H2,1H3. The van der Waals surface area contributed by atoms with Gasteiger partial charge in [0.2, 0.25) is 0 Å². The van der Waals surface area contributed by atoms with Gasteiger partial charge in [0.05, 0.1) is 6.10 Å². The van der Waals surface area contributed by atoms with Crippen LogP contribution in [0.2, 0.25) is 0 Å². The van der Waals surface area contributed by atoms with Crippen molar-refractivity contribution in [3.8, 4) is 0 Å². The van der Waals surface area contributed by atoms with E-state index in [9.17, 15) is 13.2 Å². The first kappa shape index (κ1) is 11.8. The van der Waals surface area contributed by atoms with Gasteiger partial charge in [0, 0.05) is 0 Å². The van der Waals surface area contributed by atoms with Gasteiger partial charge in [-0.3, -0.25) is 0 Å². The van der Waals surface area contributed by atoms with Gasteiger partial charge in [0.1, 0.15) is 6.61 Å². The van der Waals surface area contributed by atoms with E-state index < -0.39 is 12.8 Å². The van der Waals surface area contributed by atoms with Crippen molar-refractivity contribution in [2.45, 2.75) is 51.3 Å². The molecule has 0 radical (unpaired) electrons. The molecule has 0 aromatic heterocycles. The van der Waals surface area contributed by atoms with Crippen LogP contribution < -0.4 is 0 Å². The Hall–Kier alpha value is -0.250. The molecule has 0 unspecified atom stereocenters. The van der Waals surface area contributed by atoms with Gasteiger partial charge in [0.25, 0.3) is 0 Å². The Labute approximate surface area is 82.6 Å². The lowest BCUT2D eigenvalue weighted by Crippen LogP contribution is -2.26. The molecule has 84 valence electrons. The van der Waals surface area contributed by atoms with E-state index in [2.05, 4.69) is 6.92 Å². The first-order valence-corrected chi connectivity index (χ1v) is 5.19. The summed E-state index contributed by atoms with van der Waals surface area (Å²) in [5.41, 5.74) is 0. The van der Waals surface area contributed by atoms with Crippen molar-refractivity contribution >= 4 is 0 Å². The zero-order valence-corrected chi connectivity index (χ0v) is 8.44. The minimum atomic E-state index is -4.18. The minimum absolute atomic E-state index is 0.167. The zero-order valence-electron chi connectivity index (χ0n) is 8.44. The second kappa shape index (κ2) is 5.01. The molecular weight excluding hydrogens is 193 g/mol. The minimum Gasteiger partial charge on any atom is -0.369 e. The summed E-state index contributed by atoms with van der Waals surface area (Å²) in [4.78, 5) is 0. The van der Waals surface area contributed by atoms with Crippen LogP contribution in [0.1, 0.15) is 39.0 Å². The van der Waals surface area contributed by atoms with Crippen molar-refractivity contribution in [1.29, 1.82) is 0 Å². The molecule has 14 heavy (non-hydrogen) atoms. The van der Waals surface area contributed by atoms with Gasteiger partial charge in [0.15, 0.2) is 0 Å². The molecule has 0 heterocycles. The Bertz CT molecular complexity index is 159. The largest absolute Gasteiger partial charge is 0.411 e. The maximum Gasteiger partial charge on any atom is 0.411 e. The Morgan fingerprint density at radius 2 is 1.71 bits per heavy atom. The van der Waals surface area contributed by atoms with E-state index in [0.29, 0.717) is 5.92 Å². The lowest BCUT2D eigenvalue weighted by atomic mass is 9.86. The third kappa shape index (κ3) is 4.31. The smallest absolute Gasteiger partial charge is 0.369 e. The van der Waals surface area contributed by atoms with E-state index in [1.807, 2.05) is 0 Å². The fourth-order valence-electron chi connectivity index (χ4n) is 1.92. The normalized spacial score (nSPS) is 29.1. The fourth-order valence-corrected chi connectivity index (χ4v) is 1.92. The van der Waals surface area contributed by atoms with Crippen LogP contribution in [0.25, 0.3) is 0 Å². The molecule has 1 saturated carbocycles. The fraction of sp³-hybridized carbons (Fsp3) is 1.00. The maximum absolute atomic E-state index is 11.8. The molecule has 0 aliphatic heterocycles. The second-order valence-corrected chi connectivity index (χ2v) is 3.98. The van der Waals surface area contributed by atoms with Crippen LogP contribution in [0.5, 0.6) is 0 Å². The van der Waals surface area contributed by atoms with Gasteiger partial charge in [-0.25, -0.2) is 0 Å². The van der Waals surface area contributed by atoms with Crippen molar-refractivity contribution in [3.63, 3.8) is 0 Å². The highest BCUT2D eigenvalue weighted by Gasteiger charge is 2.30. The highest BCUT2D eigenvalue weighted by Crippen LogP contribution is 2.29. The molecule has 1 nitrogen and oxygen atoms in total. The Morgan fingerprint density at radius 3 is 2.14 bits per heavy atom. The number of rotatable bonds is 3. The zero-order chi connectivity index (χ0) is 10.6. The van der Waals surface area contributed by atoms with Crippen molar-refractivity contribution in [2.75, 3.05) is 6.61 Å². The molecule has 0 atom stereocenters. The summed E-state index contributed by atoms with van der Waals surface area (Å²) in [5.74, 6) is 0.695. The highest BCUT2D eigenvalue weighted by atomic mass is 19.4. The summed E-state index contributed by atoms with van der Waals surface area (Å²) >= 11 is 0. The van der Waals surface area contributed by atoms with Crippen molar-refractivity contribution in [1.82, 2.24) is 0 Å². The molecule has 1 aliphatic rings. The van der Waals surface area contributed by atoms with E-state index in [-0.39, 0.29) is 6.10 Å². The monoisotopic (exact) mass is 210 g/mol. The van der Waals surface area contributed by atoms with E-state index in [1.54, 1.807) is 0 Å². The van der Waals surface area contributed by atoms with Crippen LogP contribution in [-0.2, 0) is 4.74 Å².